The molecule has 0 fully saturated rings. The lowest BCUT2D eigenvalue weighted by Crippen LogP contribution is -2.47. The van der Waals surface area contributed by atoms with E-state index in [0.29, 0.717) is 5.75 Å². The van der Waals surface area contributed by atoms with Crippen molar-refractivity contribution in [3.8, 4) is 5.75 Å². The number of rotatable bonds is 8. The third-order valence-electron chi connectivity index (χ3n) is 3.71. The maximum absolute atomic E-state index is 12.4. The first-order chi connectivity index (χ1) is 14.3. The highest BCUT2D eigenvalue weighted by Crippen LogP contribution is 2.14. The summed E-state index contributed by atoms with van der Waals surface area (Å²) in [7, 11) is 0. The van der Waals surface area contributed by atoms with E-state index in [2.05, 4.69) is 5.32 Å². The van der Waals surface area contributed by atoms with Crippen LogP contribution in [0.15, 0.2) is 24.3 Å². The first kappa shape index (κ1) is 25.9. The van der Waals surface area contributed by atoms with Gasteiger partial charge in [0.2, 0.25) is 0 Å². The second-order valence-electron chi connectivity index (χ2n) is 8.33. The lowest BCUT2D eigenvalue weighted by Gasteiger charge is -2.25. The molecule has 0 aliphatic heterocycles. The number of ether oxygens (including phenoxy) is 4. The van der Waals surface area contributed by atoms with E-state index < -0.39 is 41.7 Å². The molecule has 0 heterocycles. The minimum Gasteiger partial charge on any atom is -0.460 e. The highest BCUT2D eigenvalue weighted by molar-refractivity contribution is 5.89. The van der Waals surface area contributed by atoms with Gasteiger partial charge in [-0.15, -0.1) is 0 Å². The molecule has 9 nitrogen and oxygen atoms in total. The normalized spacial score (nSPS) is 13.0. The molecule has 2 atom stereocenters. The van der Waals surface area contributed by atoms with E-state index in [9.17, 15) is 19.2 Å². The number of carbonyl (C=O) groups is 4. The monoisotopic (exact) mass is 437 g/mol. The van der Waals surface area contributed by atoms with Gasteiger partial charge in [0.05, 0.1) is 5.56 Å². The topological polar surface area (TPSA) is 117 Å². The Bertz CT molecular complexity index is 780. The molecule has 1 aromatic rings. The molecule has 0 saturated carbocycles. The predicted molar refractivity (Wildman–Crippen MR) is 112 cm³/mol. The largest absolute Gasteiger partial charge is 0.460 e. The minimum atomic E-state index is -0.911. The molecule has 1 rings (SSSR count). The number of carbonyl (C=O) groups excluding carboxylic acids is 4. The van der Waals surface area contributed by atoms with Crippen LogP contribution >= 0.6 is 0 Å². The van der Waals surface area contributed by atoms with Crippen LogP contribution in [-0.4, -0.2) is 48.4 Å². The standard InChI is InChI=1S/C22H31NO8/c1-13(2)18(23-21(27)31-22(5,6)7)20(26)28-12-14(3)29-19(25)16-8-10-17(11-9-16)30-15(4)24/h8-11,13-14,18H,12H2,1-7H3,(H,23,27)/t14?,18-/m0/s1. The quantitative estimate of drug-likeness (QED) is 0.374. The van der Waals surface area contributed by atoms with Gasteiger partial charge < -0.3 is 24.3 Å². The summed E-state index contributed by atoms with van der Waals surface area (Å²) in [6.45, 7) is 11.3. The molecule has 172 valence electrons. The van der Waals surface area contributed by atoms with Crippen molar-refractivity contribution in [3.05, 3.63) is 29.8 Å². The fourth-order valence-corrected chi connectivity index (χ4v) is 2.33. The SMILES string of the molecule is CC(=O)Oc1ccc(C(=O)OC(C)COC(=O)[C@@H](NC(=O)OC(C)(C)C)C(C)C)cc1. The Hall–Kier alpha value is -3.10. The van der Waals surface area contributed by atoms with Crippen molar-refractivity contribution < 1.29 is 38.1 Å². The summed E-state index contributed by atoms with van der Waals surface area (Å²) in [5.74, 6) is -1.68. The van der Waals surface area contributed by atoms with E-state index in [-0.39, 0.29) is 18.1 Å². The van der Waals surface area contributed by atoms with Crippen molar-refractivity contribution in [2.75, 3.05) is 6.61 Å². The van der Waals surface area contributed by atoms with Gasteiger partial charge in [-0.25, -0.2) is 14.4 Å². The number of nitrogens with one attached hydrogen (secondary N) is 1. The van der Waals surface area contributed by atoms with Crippen molar-refractivity contribution in [1.82, 2.24) is 5.32 Å². The van der Waals surface area contributed by atoms with Crippen molar-refractivity contribution in [2.24, 2.45) is 5.92 Å². The van der Waals surface area contributed by atoms with Crippen LogP contribution in [-0.2, 0) is 23.8 Å². The van der Waals surface area contributed by atoms with Gasteiger partial charge >= 0.3 is 24.0 Å². The molecule has 1 aromatic carbocycles. The Balaban J connectivity index is 2.57. The zero-order chi connectivity index (χ0) is 23.8. The van der Waals surface area contributed by atoms with Crippen molar-refractivity contribution >= 4 is 24.0 Å². The molecule has 9 heteroatoms. The first-order valence-electron chi connectivity index (χ1n) is 9.94. The van der Waals surface area contributed by atoms with E-state index in [1.807, 2.05) is 0 Å². The fourth-order valence-electron chi connectivity index (χ4n) is 2.33. The molecule has 0 saturated heterocycles. The molecule has 1 amide bonds. The maximum atomic E-state index is 12.4. The maximum Gasteiger partial charge on any atom is 0.408 e. The molecule has 0 aliphatic rings. The van der Waals surface area contributed by atoms with E-state index in [0.717, 1.165) is 0 Å². The van der Waals surface area contributed by atoms with Crippen LogP contribution in [0.2, 0.25) is 0 Å². The first-order valence-corrected chi connectivity index (χ1v) is 9.94. The Labute approximate surface area is 182 Å². The van der Waals surface area contributed by atoms with Crippen LogP contribution in [0.3, 0.4) is 0 Å². The van der Waals surface area contributed by atoms with E-state index in [1.54, 1.807) is 41.5 Å². The summed E-state index contributed by atoms with van der Waals surface area (Å²) in [5, 5.41) is 2.50. The van der Waals surface area contributed by atoms with Gasteiger partial charge in [-0.1, -0.05) is 13.8 Å². The molecule has 0 spiro atoms. The van der Waals surface area contributed by atoms with Crippen LogP contribution < -0.4 is 10.1 Å². The van der Waals surface area contributed by atoms with Gasteiger partial charge in [-0.2, -0.15) is 0 Å². The lowest BCUT2D eigenvalue weighted by atomic mass is 10.1. The summed E-state index contributed by atoms with van der Waals surface area (Å²) in [5.41, 5.74) is -0.449. The second-order valence-corrected chi connectivity index (χ2v) is 8.33. The smallest absolute Gasteiger partial charge is 0.408 e. The Kier molecular flexibility index (Phi) is 9.48. The molecular formula is C22H31NO8. The third-order valence-corrected chi connectivity index (χ3v) is 3.71. The van der Waals surface area contributed by atoms with Crippen LogP contribution in [0, 0.1) is 5.92 Å². The number of esters is 3. The van der Waals surface area contributed by atoms with E-state index in [4.69, 9.17) is 18.9 Å². The number of hydrogen-bond donors (Lipinski definition) is 1. The average Bonchev–Trinajstić information content (AvgIpc) is 2.62. The molecular weight excluding hydrogens is 406 g/mol. The van der Waals surface area contributed by atoms with Gasteiger partial charge in [-0.05, 0) is 57.9 Å². The predicted octanol–water partition coefficient (Wildman–Crippen LogP) is 3.25. The highest BCUT2D eigenvalue weighted by Gasteiger charge is 2.28. The van der Waals surface area contributed by atoms with Gasteiger partial charge in [0, 0.05) is 6.92 Å². The molecule has 31 heavy (non-hydrogen) atoms. The molecule has 0 aromatic heterocycles. The summed E-state index contributed by atoms with van der Waals surface area (Å²) < 4.78 is 20.5. The second kappa shape index (κ2) is 11.3. The molecule has 1 unspecified atom stereocenters. The number of benzene rings is 1. The summed E-state index contributed by atoms with van der Waals surface area (Å²) in [6.07, 6.45) is -1.45. The molecule has 0 radical (unpaired) electrons. The minimum absolute atomic E-state index is 0.185. The molecule has 0 aliphatic carbocycles. The fraction of sp³-hybridized carbons (Fsp3) is 0.545. The summed E-state index contributed by atoms with van der Waals surface area (Å²) >= 11 is 0. The summed E-state index contributed by atoms with van der Waals surface area (Å²) in [6, 6.07) is 4.94. The lowest BCUT2D eigenvalue weighted by molar-refractivity contribution is -0.150. The Morgan fingerprint density at radius 3 is 2.06 bits per heavy atom. The highest BCUT2D eigenvalue weighted by atomic mass is 16.6. The molecule has 0 bridgehead atoms. The van der Waals surface area contributed by atoms with Crippen molar-refractivity contribution in [2.45, 2.75) is 66.2 Å². The Morgan fingerprint density at radius 2 is 1.58 bits per heavy atom. The van der Waals surface area contributed by atoms with Gasteiger partial charge in [0.15, 0.2) is 0 Å². The zero-order valence-corrected chi connectivity index (χ0v) is 19.0. The number of alkyl carbamates (subject to hydrolysis) is 1. The van der Waals surface area contributed by atoms with Crippen LogP contribution in [0.5, 0.6) is 5.75 Å². The zero-order valence-electron chi connectivity index (χ0n) is 19.0. The van der Waals surface area contributed by atoms with Crippen molar-refractivity contribution in [1.29, 1.82) is 0 Å². The number of hydrogen-bond acceptors (Lipinski definition) is 8. The molecule has 1 N–H and O–H groups in total. The van der Waals surface area contributed by atoms with E-state index in [1.165, 1.54) is 31.2 Å². The van der Waals surface area contributed by atoms with E-state index >= 15 is 0 Å². The van der Waals surface area contributed by atoms with Crippen LogP contribution in [0.1, 0.15) is 58.8 Å². The third kappa shape index (κ3) is 9.97. The van der Waals surface area contributed by atoms with Gasteiger partial charge in [-0.3, -0.25) is 4.79 Å². The van der Waals surface area contributed by atoms with Crippen LogP contribution in [0.4, 0.5) is 4.79 Å². The van der Waals surface area contributed by atoms with Gasteiger partial charge in [0.1, 0.15) is 30.1 Å². The Morgan fingerprint density at radius 1 is 1.00 bits per heavy atom. The summed E-state index contributed by atoms with van der Waals surface area (Å²) in [4.78, 5) is 47.5. The van der Waals surface area contributed by atoms with Crippen molar-refractivity contribution in [3.63, 3.8) is 0 Å². The van der Waals surface area contributed by atoms with Gasteiger partial charge in [0.25, 0.3) is 0 Å². The van der Waals surface area contributed by atoms with Crippen LogP contribution in [0.25, 0.3) is 0 Å². The average molecular weight is 437 g/mol. The number of amides is 1.